The minimum absolute atomic E-state index is 0.0410. The zero-order valence-corrected chi connectivity index (χ0v) is 40.3. The number of phosphoric acid groups is 1. The third kappa shape index (κ3) is 45.5. The van der Waals surface area contributed by atoms with E-state index in [0.29, 0.717) is 23.9 Å². The second-order valence-electron chi connectivity index (χ2n) is 17.5. The van der Waals surface area contributed by atoms with Crippen LogP contribution in [0.15, 0.2) is 48.6 Å². The normalized spacial score (nSPS) is 13.9. The van der Waals surface area contributed by atoms with Gasteiger partial charge in [0.05, 0.1) is 27.7 Å². The van der Waals surface area contributed by atoms with Crippen LogP contribution in [-0.4, -0.2) is 70.0 Å². The number of hydrogen-bond acceptors (Lipinski definition) is 8. The standard InChI is InChI=1S/C50H92NO8P/c1-6-8-10-12-14-16-18-20-22-24-25-27-28-30-32-34-36-38-40-42-49(52)56-46-48(47-58-60(54,55)57-45-44-51(3,4)5)59-50(53)43-41-39-37-35-33-31-29-26-23-21-19-17-15-13-11-9-7-2/h20-23,29,31,35,37,48H,6-19,24-28,30,32-34,36,38-47H2,1-5H3/b22-20-,23-21-,31-29-,37-35-/t48-/m1/s1. The lowest BCUT2D eigenvalue weighted by atomic mass is 10.1. The Balaban J connectivity index is 4.36. The van der Waals surface area contributed by atoms with E-state index in [1.165, 1.54) is 128 Å². The molecule has 0 aromatic carbocycles. The summed E-state index contributed by atoms with van der Waals surface area (Å²) in [5.41, 5.74) is 0. The molecule has 0 aliphatic heterocycles. The second-order valence-corrected chi connectivity index (χ2v) is 18.9. The van der Waals surface area contributed by atoms with E-state index in [2.05, 4.69) is 56.4 Å². The molecule has 350 valence electrons. The fourth-order valence-corrected chi connectivity index (χ4v) is 7.22. The maximum Gasteiger partial charge on any atom is 0.306 e. The molecule has 0 aliphatic carbocycles. The highest BCUT2D eigenvalue weighted by Gasteiger charge is 2.21. The van der Waals surface area contributed by atoms with Gasteiger partial charge in [-0.3, -0.25) is 14.2 Å². The zero-order chi connectivity index (χ0) is 44.3. The van der Waals surface area contributed by atoms with Crippen LogP contribution in [0, 0.1) is 0 Å². The van der Waals surface area contributed by atoms with Gasteiger partial charge in [-0.2, -0.15) is 0 Å². The number of hydrogen-bond donors (Lipinski definition) is 0. The van der Waals surface area contributed by atoms with E-state index in [1.807, 2.05) is 27.2 Å². The van der Waals surface area contributed by atoms with Gasteiger partial charge < -0.3 is 27.9 Å². The quantitative estimate of drug-likeness (QED) is 0.0196. The Labute approximate surface area is 369 Å². The number of carbonyl (C=O) groups excluding carboxylic acids is 2. The predicted octanol–water partition coefficient (Wildman–Crippen LogP) is 13.6. The van der Waals surface area contributed by atoms with Crippen molar-refractivity contribution in [1.29, 1.82) is 0 Å². The van der Waals surface area contributed by atoms with Gasteiger partial charge in [0.2, 0.25) is 0 Å². The number of rotatable bonds is 44. The van der Waals surface area contributed by atoms with Crippen LogP contribution in [0.2, 0.25) is 0 Å². The largest absolute Gasteiger partial charge is 0.756 e. The van der Waals surface area contributed by atoms with Crippen molar-refractivity contribution in [2.75, 3.05) is 47.5 Å². The summed E-state index contributed by atoms with van der Waals surface area (Å²) >= 11 is 0. The Morgan fingerprint density at radius 3 is 1.40 bits per heavy atom. The van der Waals surface area contributed by atoms with Crippen LogP contribution in [-0.2, 0) is 32.7 Å². The lowest BCUT2D eigenvalue weighted by Crippen LogP contribution is -2.37. The molecule has 0 saturated heterocycles. The van der Waals surface area contributed by atoms with Crippen molar-refractivity contribution >= 4 is 19.8 Å². The number of allylic oxidation sites excluding steroid dienone is 8. The second kappa shape index (κ2) is 42.3. The van der Waals surface area contributed by atoms with E-state index in [4.69, 9.17) is 18.5 Å². The molecule has 0 bridgehead atoms. The maximum absolute atomic E-state index is 12.7. The Kier molecular flexibility index (Phi) is 40.8. The SMILES string of the molecule is CCCCCCCC/C=C\C/C=C\C/C=C\CCCC(=O)O[C@H](COC(=O)CCCCCCCCCCC/C=C\CCCCCCCC)COP(=O)([O-])OCC[N+](C)(C)C. The molecule has 0 N–H and O–H groups in total. The van der Waals surface area contributed by atoms with E-state index < -0.39 is 32.5 Å². The van der Waals surface area contributed by atoms with Crippen molar-refractivity contribution in [1.82, 2.24) is 0 Å². The molecule has 0 radical (unpaired) electrons. The molecule has 0 heterocycles. The molecule has 2 atom stereocenters. The number of esters is 2. The highest BCUT2D eigenvalue weighted by atomic mass is 31.2. The summed E-state index contributed by atoms with van der Waals surface area (Å²) in [6.07, 6.45) is 50.0. The van der Waals surface area contributed by atoms with Crippen LogP contribution < -0.4 is 4.89 Å². The summed E-state index contributed by atoms with van der Waals surface area (Å²) in [4.78, 5) is 37.6. The van der Waals surface area contributed by atoms with Crippen LogP contribution in [0.4, 0.5) is 0 Å². The average Bonchev–Trinajstić information content (AvgIpc) is 3.20. The van der Waals surface area contributed by atoms with E-state index >= 15 is 0 Å². The van der Waals surface area contributed by atoms with Crippen LogP contribution in [0.25, 0.3) is 0 Å². The first-order valence-corrected chi connectivity index (χ1v) is 25.8. The molecular weight excluding hydrogens is 774 g/mol. The Morgan fingerprint density at radius 2 is 0.917 bits per heavy atom. The van der Waals surface area contributed by atoms with Gasteiger partial charge in [0.1, 0.15) is 19.8 Å². The Hall–Kier alpha value is -2.03. The third-order valence-corrected chi connectivity index (χ3v) is 11.3. The highest BCUT2D eigenvalue weighted by Crippen LogP contribution is 2.38. The lowest BCUT2D eigenvalue weighted by Gasteiger charge is -2.28. The maximum atomic E-state index is 12.7. The summed E-state index contributed by atoms with van der Waals surface area (Å²) in [6, 6.07) is 0. The summed E-state index contributed by atoms with van der Waals surface area (Å²) in [7, 11) is 1.13. The number of phosphoric ester groups is 1. The molecule has 0 aromatic rings. The first-order valence-electron chi connectivity index (χ1n) is 24.3. The summed E-state index contributed by atoms with van der Waals surface area (Å²) in [5, 5.41) is 0. The Bertz CT molecular complexity index is 1160. The molecule has 0 amide bonds. The predicted molar refractivity (Wildman–Crippen MR) is 250 cm³/mol. The lowest BCUT2D eigenvalue weighted by molar-refractivity contribution is -0.870. The molecule has 0 rings (SSSR count). The van der Waals surface area contributed by atoms with Gasteiger partial charge in [-0.25, -0.2) is 0 Å². The van der Waals surface area contributed by atoms with Crippen LogP contribution in [0.3, 0.4) is 0 Å². The van der Waals surface area contributed by atoms with Crippen molar-refractivity contribution < 1.29 is 42.1 Å². The number of ether oxygens (including phenoxy) is 2. The monoisotopic (exact) mass is 866 g/mol. The number of quaternary nitrogens is 1. The molecule has 0 aliphatic rings. The molecule has 0 saturated carbocycles. The fraction of sp³-hybridized carbons (Fsp3) is 0.800. The van der Waals surface area contributed by atoms with Gasteiger partial charge in [-0.05, 0) is 70.6 Å². The smallest absolute Gasteiger partial charge is 0.306 e. The highest BCUT2D eigenvalue weighted by molar-refractivity contribution is 7.45. The first-order chi connectivity index (χ1) is 29.0. The van der Waals surface area contributed by atoms with E-state index in [9.17, 15) is 19.0 Å². The number of unbranched alkanes of at least 4 members (excludes halogenated alkanes) is 22. The van der Waals surface area contributed by atoms with E-state index in [0.717, 1.165) is 38.5 Å². The summed E-state index contributed by atoms with van der Waals surface area (Å²) < 4.78 is 33.9. The van der Waals surface area contributed by atoms with E-state index in [-0.39, 0.29) is 26.1 Å². The third-order valence-electron chi connectivity index (χ3n) is 10.3. The van der Waals surface area contributed by atoms with Crippen molar-refractivity contribution in [2.24, 2.45) is 0 Å². The minimum Gasteiger partial charge on any atom is -0.756 e. The summed E-state index contributed by atoms with van der Waals surface area (Å²) in [5.74, 6) is -0.895. The van der Waals surface area contributed by atoms with Gasteiger partial charge in [0.25, 0.3) is 7.82 Å². The van der Waals surface area contributed by atoms with Gasteiger partial charge in [0.15, 0.2) is 6.10 Å². The first kappa shape index (κ1) is 58.0. The molecule has 9 nitrogen and oxygen atoms in total. The molecule has 0 aromatic heterocycles. The molecular formula is C50H92NO8P. The number of nitrogens with zero attached hydrogens (tertiary/aromatic N) is 1. The molecule has 0 fully saturated rings. The number of carbonyl (C=O) groups is 2. The molecule has 60 heavy (non-hydrogen) atoms. The average molecular weight is 866 g/mol. The van der Waals surface area contributed by atoms with Gasteiger partial charge in [-0.1, -0.05) is 172 Å². The summed E-state index contributed by atoms with van der Waals surface area (Å²) in [6.45, 7) is 4.17. The number of likely N-dealkylation sites (N-methyl/N-ethyl adjacent to an activating group) is 1. The van der Waals surface area contributed by atoms with Crippen molar-refractivity contribution in [3.63, 3.8) is 0 Å². The van der Waals surface area contributed by atoms with Crippen molar-refractivity contribution in [2.45, 2.75) is 213 Å². The van der Waals surface area contributed by atoms with Gasteiger partial charge >= 0.3 is 11.9 Å². The Morgan fingerprint density at radius 1 is 0.517 bits per heavy atom. The molecule has 1 unspecified atom stereocenters. The van der Waals surface area contributed by atoms with Gasteiger partial charge in [-0.15, -0.1) is 0 Å². The van der Waals surface area contributed by atoms with Crippen molar-refractivity contribution in [3.8, 4) is 0 Å². The fourth-order valence-electron chi connectivity index (χ4n) is 6.49. The molecule has 10 heteroatoms. The topological polar surface area (TPSA) is 111 Å². The van der Waals surface area contributed by atoms with Crippen LogP contribution in [0.1, 0.15) is 206 Å². The zero-order valence-electron chi connectivity index (χ0n) is 39.4. The van der Waals surface area contributed by atoms with Crippen LogP contribution in [0.5, 0.6) is 0 Å². The van der Waals surface area contributed by atoms with E-state index in [1.54, 1.807) is 0 Å². The minimum atomic E-state index is -4.64. The van der Waals surface area contributed by atoms with Crippen molar-refractivity contribution in [3.05, 3.63) is 48.6 Å². The molecule has 0 spiro atoms. The van der Waals surface area contributed by atoms with Gasteiger partial charge in [0, 0.05) is 12.8 Å². The van der Waals surface area contributed by atoms with Crippen LogP contribution >= 0.6 is 7.82 Å².